The van der Waals surface area contributed by atoms with Gasteiger partial charge in [0.05, 0.1) is 5.56 Å². The van der Waals surface area contributed by atoms with Crippen molar-refractivity contribution in [2.24, 2.45) is 0 Å². The molecule has 1 aliphatic heterocycles. The Balaban J connectivity index is 2.23. The van der Waals surface area contributed by atoms with E-state index in [0.29, 0.717) is 13.0 Å². The minimum absolute atomic E-state index is 0.0135. The van der Waals surface area contributed by atoms with Gasteiger partial charge >= 0.3 is 12.2 Å². The fourth-order valence-corrected chi connectivity index (χ4v) is 2.06. The van der Waals surface area contributed by atoms with Crippen molar-refractivity contribution < 1.29 is 22.8 Å². The Kier molecular flexibility index (Phi) is 4.54. The van der Waals surface area contributed by atoms with Crippen LogP contribution in [0, 0.1) is 0 Å². The average Bonchev–Trinajstić information content (AvgIpc) is 2.71. The maximum atomic E-state index is 12.7. The van der Waals surface area contributed by atoms with Crippen molar-refractivity contribution in [3.8, 4) is 0 Å². The van der Waals surface area contributed by atoms with Crippen LogP contribution in [-0.2, 0) is 11.0 Å². The molecule has 0 spiro atoms. The first kappa shape index (κ1) is 16.1. The van der Waals surface area contributed by atoms with Crippen LogP contribution in [0.1, 0.15) is 30.9 Å². The van der Waals surface area contributed by atoms with Crippen LogP contribution in [0.25, 0.3) is 6.08 Å². The summed E-state index contributed by atoms with van der Waals surface area (Å²) in [5.41, 5.74) is -0.613. The van der Waals surface area contributed by atoms with Gasteiger partial charge in [0.25, 0.3) is 5.91 Å². The molecule has 0 aliphatic carbocycles. The van der Waals surface area contributed by atoms with Gasteiger partial charge in [-0.15, -0.1) is 0 Å². The number of nitrogens with one attached hydrogen (secondary N) is 1. The van der Waals surface area contributed by atoms with Crippen molar-refractivity contribution in [3.63, 3.8) is 0 Å². The first-order chi connectivity index (χ1) is 10.3. The number of nitrogens with zero attached hydrogens (tertiary/aromatic N) is 1. The number of imide groups is 1. The number of hydrogen-bond acceptors (Lipinski definition) is 2. The average molecular weight is 312 g/mol. The normalized spacial score (nSPS) is 17.3. The van der Waals surface area contributed by atoms with Crippen LogP contribution in [0.5, 0.6) is 0 Å². The zero-order valence-electron chi connectivity index (χ0n) is 11.9. The molecular weight excluding hydrogens is 297 g/mol. The molecule has 118 valence electrons. The van der Waals surface area contributed by atoms with Gasteiger partial charge in [-0.05, 0) is 30.2 Å². The van der Waals surface area contributed by atoms with Crippen LogP contribution in [0.3, 0.4) is 0 Å². The minimum Gasteiger partial charge on any atom is -0.303 e. The Labute approximate surface area is 125 Å². The van der Waals surface area contributed by atoms with Gasteiger partial charge in [-0.3, -0.25) is 9.69 Å². The molecule has 1 aromatic rings. The van der Waals surface area contributed by atoms with Crippen molar-refractivity contribution in [2.45, 2.75) is 25.9 Å². The van der Waals surface area contributed by atoms with E-state index in [4.69, 9.17) is 0 Å². The summed E-state index contributed by atoms with van der Waals surface area (Å²) in [5, 5.41) is 2.39. The van der Waals surface area contributed by atoms with E-state index in [1.54, 1.807) is 0 Å². The summed E-state index contributed by atoms with van der Waals surface area (Å²) >= 11 is 0. The quantitative estimate of drug-likeness (QED) is 0.684. The lowest BCUT2D eigenvalue weighted by molar-refractivity contribution is -0.137. The van der Waals surface area contributed by atoms with Gasteiger partial charge in [-0.1, -0.05) is 25.5 Å². The van der Waals surface area contributed by atoms with Crippen molar-refractivity contribution in [1.82, 2.24) is 10.2 Å². The van der Waals surface area contributed by atoms with Gasteiger partial charge in [0, 0.05) is 6.54 Å². The molecule has 0 radical (unpaired) electrons. The van der Waals surface area contributed by atoms with Crippen molar-refractivity contribution in [1.29, 1.82) is 0 Å². The standard InChI is InChI=1S/C15H15F3N2O2/c1-2-3-7-20-13(21)12(19-14(20)22)9-10-5-4-6-11(8-10)15(16,17)18/h4-6,8-9H,2-3,7H2,1H3,(H,19,22). The monoisotopic (exact) mass is 312 g/mol. The van der Waals surface area contributed by atoms with Gasteiger partial charge in [0.2, 0.25) is 0 Å². The fraction of sp³-hybridized carbons (Fsp3) is 0.333. The van der Waals surface area contributed by atoms with E-state index in [2.05, 4.69) is 5.32 Å². The molecule has 0 unspecified atom stereocenters. The Morgan fingerprint density at radius 1 is 1.27 bits per heavy atom. The number of alkyl halides is 3. The van der Waals surface area contributed by atoms with Crippen molar-refractivity contribution in [2.75, 3.05) is 6.54 Å². The molecular formula is C15H15F3N2O2. The van der Waals surface area contributed by atoms with Gasteiger partial charge in [-0.25, -0.2) is 4.79 Å². The molecule has 1 saturated heterocycles. The number of benzene rings is 1. The third kappa shape index (κ3) is 3.47. The molecule has 1 heterocycles. The van der Waals surface area contributed by atoms with E-state index in [9.17, 15) is 22.8 Å². The Bertz CT molecular complexity index is 623. The Morgan fingerprint density at radius 2 is 2.00 bits per heavy atom. The van der Waals surface area contributed by atoms with Crippen molar-refractivity contribution >= 4 is 18.0 Å². The zero-order valence-corrected chi connectivity index (χ0v) is 11.9. The summed E-state index contributed by atoms with van der Waals surface area (Å²) in [6.07, 6.45) is -1.70. The molecule has 1 N–H and O–H groups in total. The Hall–Kier alpha value is -2.31. The number of halogens is 3. The summed E-state index contributed by atoms with van der Waals surface area (Å²) in [6.45, 7) is 2.22. The maximum absolute atomic E-state index is 12.7. The van der Waals surface area contributed by atoms with Crippen LogP contribution < -0.4 is 5.32 Å². The van der Waals surface area contributed by atoms with E-state index < -0.39 is 23.7 Å². The minimum atomic E-state index is -4.45. The number of unbranched alkanes of at least 4 members (excludes halogenated alkanes) is 1. The molecule has 0 saturated carbocycles. The van der Waals surface area contributed by atoms with Crippen LogP contribution in [-0.4, -0.2) is 23.4 Å². The molecule has 0 bridgehead atoms. The van der Waals surface area contributed by atoms with Crippen LogP contribution >= 0.6 is 0 Å². The van der Waals surface area contributed by atoms with Gasteiger partial charge < -0.3 is 5.32 Å². The molecule has 3 amide bonds. The topological polar surface area (TPSA) is 49.4 Å². The van der Waals surface area contributed by atoms with Gasteiger partial charge in [0.1, 0.15) is 5.70 Å². The fourth-order valence-electron chi connectivity index (χ4n) is 2.06. The number of amides is 3. The second-order valence-corrected chi connectivity index (χ2v) is 4.92. The lowest BCUT2D eigenvalue weighted by Crippen LogP contribution is -2.31. The second kappa shape index (κ2) is 6.21. The van der Waals surface area contributed by atoms with Crippen LogP contribution in [0.15, 0.2) is 30.0 Å². The molecule has 1 aromatic carbocycles. The maximum Gasteiger partial charge on any atom is 0.416 e. The number of carbonyl (C=O) groups is 2. The van der Waals surface area contributed by atoms with E-state index in [0.717, 1.165) is 23.5 Å². The highest BCUT2D eigenvalue weighted by molar-refractivity contribution is 6.13. The lowest BCUT2D eigenvalue weighted by atomic mass is 10.1. The zero-order chi connectivity index (χ0) is 16.3. The third-order valence-corrected chi connectivity index (χ3v) is 3.22. The van der Waals surface area contributed by atoms with Crippen molar-refractivity contribution in [3.05, 3.63) is 41.1 Å². The molecule has 4 nitrogen and oxygen atoms in total. The number of urea groups is 1. The summed E-state index contributed by atoms with van der Waals surface area (Å²) in [7, 11) is 0. The van der Waals surface area contributed by atoms with E-state index in [1.807, 2.05) is 6.92 Å². The van der Waals surface area contributed by atoms with Gasteiger partial charge in [-0.2, -0.15) is 13.2 Å². The predicted molar refractivity (Wildman–Crippen MR) is 74.6 cm³/mol. The smallest absolute Gasteiger partial charge is 0.303 e. The lowest BCUT2D eigenvalue weighted by Gasteiger charge is -2.10. The highest BCUT2D eigenvalue weighted by Crippen LogP contribution is 2.30. The first-order valence-electron chi connectivity index (χ1n) is 6.84. The highest BCUT2D eigenvalue weighted by atomic mass is 19.4. The summed E-state index contributed by atoms with van der Waals surface area (Å²) in [6, 6.07) is 4.03. The molecule has 1 aliphatic rings. The molecule has 0 aromatic heterocycles. The predicted octanol–water partition coefficient (Wildman–Crippen LogP) is 3.40. The molecule has 7 heteroatoms. The molecule has 2 rings (SSSR count). The Morgan fingerprint density at radius 3 is 2.64 bits per heavy atom. The SMILES string of the molecule is CCCCN1C(=O)NC(=Cc2cccc(C(F)(F)F)c2)C1=O. The molecule has 0 atom stereocenters. The van der Waals surface area contributed by atoms with Crippen LogP contribution in [0.4, 0.5) is 18.0 Å². The number of carbonyl (C=O) groups excluding carboxylic acids is 2. The van der Waals surface area contributed by atoms with E-state index >= 15 is 0 Å². The van der Waals surface area contributed by atoms with Gasteiger partial charge in [0.15, 0.2) is 0 Å². The first-order valence-corrected chi connectivity index (χ1v) is 6.84. The second-order valence-electron chi connectivity index (χ2n) is 4.92. The van der Waals surface area contributed by atoms with E-state index in [-0.39, 0.29) is 11.3 Å². The molecule has 22 heavy (non-hydrogen) atoms. The summed E-state index contributed by atoms with van der Waals surface area (Å²) < 4.78 is 38.0. The number of hydrogen-bond donors (Lipinski definition) is 1. The largest absolute Gasteiger partial charge is 0.416 e. The third-order valence-electron chi connectivity index (χ3n) is 3.22. The molecule has 1 fully saturated rings. The summed E-state index contributed by atoms with van der Waals surface area (Å²) in [4.78, 5) is 24.8. The van der Waals surface area contributed by atoms with E-state index in [1.165, 1.54) is 18.2 Å². The summed E-state index contributed by atoms with van der Waals surface area (Å²) in [5.74, 6) is -0.518. The van der Waals surface area contributed by atoms with Crippen LogP contribution in [0.2, 0.25) is 0 Å². The highest BCUT2D eigenvalue weighted by Gasteiger charge is 2.33. The number of rotatable bonds is 4.